The molecule has 1 aliphatic carbocycles. The molecule has 0 aromatic heterocycles. The van der Waals surface area contributed by atoms with E-state index in [2.05, 4.69) is 19.1 Å². The summed E-state index contributed by atoms with van der Waals surface area (Å²) < 4.78 is 54.8. The molecule has 1 aliphatic rings. The summed E-state index contributed by atoms with van der Waals surface area (Å²) in [5, 5.41) is 0. The zero-order chi connectivity index (χ0) is 20.5. The van der Waals surface area contributed by atoms with Gasteiger partial charge in [0, 0.05) is 5.56 Å². The molecule has 0 saturated heterocycles. The molecule has 3 aromatic carbocycles. The third kappa shape index (κ3) is 4.07. The lowest BCUT2D eigenvalue weighted by molar-refractivity contribution is 0.348. The van der Waals surface area contributed by atoms with Gasteiger partial charge >= 0.3 is 0 Å². The van der Waals surface area contributed by atoms with E-state index in [1.807, 2.05) is 12.1 Å². The van der Waals surface area contributed by atoms with Crippen LogP contribution in [0.3, 0.4) is 0 Å². The highest BCUT2D eigenvalue weighted by Crippen LogP contribution is 2.36. The average Bonchev–Trinajstić information content (AvgIpc) is 2.72. The summed E-state index contributed by atoms with van der Waals surface area (Å²) in [6.07, 6.45) is 4.91. The van der Waals surface area contributed by atoms with Crippen LogP contribution in [-0.4, -0.2) is 0 Å². The topological polar surface area (TPSA) is 0 Å². The molecule has 0 atom stereocenters. The summed E-state index contributed by atoms with van der Waals surface area (Å²) in [6, 6.07) is 14.3. The SMILES string of the molecule is CC1CCC(c2ccc(-c3ccc(-c4cc(F)c(F)c(F)c4)c(F)c3)cc2)CC1. The van der Waals surface area contributed by atoms with Crippen molar-refractivity contribution in [2.45, 2.75) is 38.5 Å². The smallest absolute Gasteiger partial charge is 0.194 e. The maximum Gasteiger partial charge on any atom is 0.194 e. The zero-order valence-corrected chi connectivity index (χ0v) is 16.2. The van der Waals surface area contributed by atoms with Gasteiger partial charge in [-0.2, -0.15) is 0 Å². The van der Waals surface area contributed by atoms with Crippen molar-refractivity contribution in [3.8, 4) is 22.3 Å². The van der Waals surface area contributed by atoms with E-state index in [1.54, 1.807) is 6.07 Å². The zero-order valence-electron chi connectivity index (χ0n) is 16.2. The molecular weight excluding hydrogens is 376 g/mol. The maximum absolute atomic E-state index is 14.7. The summed E-state index contributed by atoms with van der Waals surface area (Å²) in [5.41, 5.74) is 2.86. The van der Waals surface area contributed by atoms with E-state index in [0.29, 0.717) is 11.5 Å². The van der Waals surface area contributed by atoms with Crippen molar-refractivity contribution in [2.75, 3.05) is 0 Å². The number of halogens is 4. The predicted molar refractivity (Wildman–Crippen MR) is 108 cm³/mol. The van der Waals surface area contributed by atoms with Gasteiger partial charge in [-0.05, 0) is 65.1 Å². The molecule has 150 valence electrons. The highest BCUT2D eigenvalue weighted by atomic mass is 19.2. The molecule has 0 radical (unpaired) electrons. The van der Waals surface area contributed by atoms with Crippen LogP contribution < -0.4 is 0 Å². The summed E-state index contributed by atoms with van der Waals surface area (Å²) in [7, 11) is 0. The first-order chi connectivity index (χ1) is 13.9. The third-order valence-corrected chi connectivity index (χ3v) is 6.00. The lowest BCUT2D eigenvalue weighted by Crippen LogP contribution is -2.10. The fourth-order valence-electron chi connectivity index (χ4n) is 4.18. The Morgan fingerprint density at radius 2 is 1.17 bits per heavy atom. The Balaban J connectivity index is 1.58. The third-order valence-electron chi connectivity index (χ3n) is 6.00. The second kappa shape index (κ2) is 8.02. The van der Waals surface area contributed by atoms with Crippen molar-refractivity contribution >= 4 is 0 Å². The minimum Gasteiger partial charge on any atom is -0.206 e. The van der Waals surface area contributed by atoms with Crippen LogP contribution in [0.4, 0.5) is 17.6 Å². The quantitative estimate of drug-likeness (QED) is 0.311. The Kier molecular flexibility index (Phi) is 5.44. The van der Waals surface area contributed by atoms with E-state index in [-0.39, 0.29) is 11.1 Å². The van der Waals surface area contributed by atoms with Gasteiger partial charge in [0.15, 0.2) is 17.5 Å². The van der Waals surface area contributed by atoms with Crippen LogP contribution in [-0.2, 0) is 0 Å². The molecule has 4 rings (SSSR count). The van der Waals surface area contributed by atoms with Crippen molar-refractivity contribution < 1.29 is 17.6 Å². The van der Waals surface area contributed by atoms with Gasteiger partial charge in [0.25, 0.3) is 0 Å². The van der Waals surface area contributed by atoms with Crippen molar-refractivity contribution in [3.63, 3.8) is 0 Å². The van der Waals surface area contributed by atoms with Gasteiger partial charge in [-0.15, -0.1) is 0 Å². The molecule has 29 heavy (non-hydrogen) atoms. The van der Waals surface area contributed by atoms with Crippen LogP contribution in [0.2, 0.25) is 0 Å². The molecule has 0 N–H and O–H groups in total. The van der Waals surface area contributed by atoms with Crippen LogP contribution in [0, 0.1) is 29.2 Å². The molecule has 0 unspecified atom stereocenters. The summed E-state index contributed by atoms with van der Waals surface area (Å²) in [5.74, 6) is -3.46. The van der Waals surface area contributed by atoms with Gasteiger partial charge in [-0.3, -0.25) is 0 Å². The van der Waals surface area contributed by atoms with Crippen molar-refractivity contribution in [1.82, 2.24) is 0 Å². The van der Waals surface area contributed by atoms with Crippen molar-refractivity contribution in [1.29, 1.82) is 0 Å². The van der Waals surface area contributed by atoms with Gasteiger partial charge < -0.3 is 0 Å². The Hall–Kier alpha value is -2.62. The van der Waals surface area contributed by atoms with E-state index in [1.165, 1.54) is 43.4 Å². The molecule has 3 aromatic rings. The first kappa shape index (κ1) is 19.7. The minimum absolute atomic E-state index is 0.0273. The summed E-state index contributed by atoms with van der Waals surface area (Å²) in [4.78, 5) is 0. The van der Waals surface area contributed by atoms with Crippen LogP contribution in [0.1, 0.15) is 44.1 Å². The van der Waals surface area contributed by atoms with E-state index in [4.69, 9.17) is 0 Å². The van der Waals surface area contributed by atoms with E-state index < -0.39 is 23.3 Å². The maximum atomic E-state index is 14.7. The molecule has 1 saturated carbocycles. The van der Waals surface area contributed by atoms with Crippen LogP contribution in [0.5, 0.6) is 0 Å². The molecule has 0 amide bonds. The summed E-state index contributed by atoms with van der Waals surface area (Å²) in [6.45, 7) is 2.30. The molecule has 1 fully saturated rings. The predicted octanol–water partition coefficient (Wildman–Crippen LogP) is 7.87. The van der Waals surface area contributed by atoms with E-state index in [0.717, 1.165) is 23.6 Å². The lowest BCUT2D eigenvalue weighted by Gasteiger charge is -2.26. The molecule has 0 heterocycles. The van der Waals surface area contributed by atoms with E-state index >= 15 is 0 Å². The van der Waals surface area contributed by atoms with Crippen molar-refractivity contribution in [2.24, 2.45) is 5.92 Å². The Morgan fingerprint density at radius 3 is 1.76 bits per heavy atom. The standard InChI is InChI=1S/C25H22F4/c1-15-2-4-16(5-3-15)17-6-8-18(9-7-17)19-10-11-21(22(26)12-19)20-13-23(27)25(29)24(28)14-20/h6-16H,2-5H2,1H3. The van der Waals surface area contributed by atoms with E-state index in [9.17, 15) is 17.6 Å². The van der Waals surface area contributed by atoms with Crippen LogP contribution in [0.25, 0.3) is 22.3 Å². The highest BCUT2D eigenvalue weighted by molar-refractivity contribution is 5.71. The van der Waals surface area contributed by atoms with Gasteiger partial charge in [0.1, 0.15) is 5.82 Å². The monoisotopic (exact) mass is 398 g/mol. The number of benzene rings is 3. The Bertz CT molecular complexity index is 992. The molecule has 0 nitrogen and oxygen atoms in total. The number of hydrogen-bond donors (Lipinski definition) is 0. The van der Waals surface area contributed by atoms with Gasteiger partial charge in [-0.25, -0.2) is 17.6 Å². The van der Waals surface area contributed by atoms with Crippen LogP contribution in [0.15, 0.2) is 54.6 Å². The van der Waals surface area contributed by atoms with Gasteiger partial charge in [0.2, 0.25) is 0 Å². The second-order valence-corrected chi connectivity index (χ2v) is 8.03. The largest absolute Gasteiger partial charge is 0.206 e. The first-order valence-corrected chi connectivity index (χ1v) is 9.97. The molecule has 4 heteroatoms. The first-order valence-electron chi connectivity index (χ1n) is 9.97. The Morgan fingerprint density at radius 1 is 0.621 bits per heavy atom. The van der Waals surface area contributed by atoms with Crippen LogP contribution >= 0.6 is 0 Å². The molecule has 0 bridgehead atoms. The average molecular weight is 398 g/mol. The minimum atomic E-state index is -1.56. The summed E-state index contributed by atoms with van der Waals surface area (Å²) >= 11 is 0. The molecular formula is C25H22F4. The highest BCUT2D eigenvalue weighted by Gasteiger charge is 2.20. The fraction of sp³-hybridized carbons (Fsp3) is 0.280. The molecule has 0 aliphatic heterocycles. The number of hydrogen-bond acceptors (Lipinski definition) is 0. The number of rotatable bonds is 3. The molecule has 0 spiro atoms. The fourth-order valence-corrected chi connectivity index (χ4v) is 4.18. The van der Waals surface area contributed by atoms with Gasteiger partial charge in [-0.1, -0.05) is 56.2 Å². The normalized spacial score (nSPS) is 19.3. The van der Waals surface area contributed by atoms with Gasteiger partial charge in [0.05, 0.1) is 0 Å². The van der Waals surface area contributed by atoms with Crippen molar-refractivity contribution in [3.05, 3.63) is 83.4 Å². The second-order valence-electron chi connectivity index (χ2n) is 8.03. The lowest BCUT2D eigenvalue weighted by atomic mass is 9.79. The Labute approximate surface area is 168 Å².